The van der Waals surface area contributed by atoms with E-state index in [1.807, 2.05) is 19.1 Å². The number of halogens is 2. The first-order chi connectivity index (χ1) is 16.8. The summed E-state index contributed by atoms with van der Waals surface area (Å²) in [5, 5.41) is 6.98. The van der Waals surface area contributed by atoms with Crippen molar-refractivity contribution in [2.75, 3.05) is 13.7 Å². The number of carbonyl (C=O) groups is 3. The third-order valence-corrected chi connectivity index (χ3v) is 5.49. The molecule has 0 saturated carbocycles. The van der Waals surface area contributed by atoms with Gasteiger partial charge in [-0.3, -0.25) is 9.59 Å². The average molecular weight is 514 g/mol. The molecule has 0 aliphatic carbocycles. The van der Waals surface area contributed by atoms with E-state index in [1.54, 1.807) is 24.3 Å². The first-order valence-electron chi connectivity index (χ1n) is 10.3. The van der Waals surface area contributed by atoms with Crippen molar-refractivity contribution in [1.82, 2.24) is 10.7 Å². The molecule has 180 valence electrons. The zero-order valence-corrected chi connectivity index (χ0v) is 20.3. The molecule has 3 rings (SSSR count). The number of carbonyl (C=O) groups excluding carboxylic acids is 3. The van der Waals surface area contributed by atoms with Crippen LogP contribution in [0.5, 0.6) is 11.5 Å². The Bertz CT molecular complexity index is 1290. The van der Waals surface area contributed by atoms with E-state index >= 15 is 0 Å². The van der Waals surface area contributed by atoms with Gasteiger partial charge in [-0.25, -0.2) is 10.2 Å². The monoisotopic (exact) mass is 513 g/mol. The van der Waals surface area contributed by atoms with E-state index in [0.29, 0.717) is 16.1 Å². The van der Waals surface area contributed by atoms with Crippen molar-refractivity contribution in [2.24, 2.45) is 5.10 Å². The highest BCUT2D eigenvalue weighted by Crippen LogP contribution is 2.29. The SMILES string of the molecule is COc1cc(C=NNC(=O)CNC(=O)c2ccccc2C)ccc1OC(=O)c1ccc(Cl)c(Cl)c1. The van der Waals surface area contributed by atoms with Crippen LogP contribution in [0, 0.1) is 6.92 Å². The fraction of sp³-hybridized carbons (Fsp3) is 0.120. The van der Waals surface area contributed by atoms with Crippen LogP contribution in [0.2, 0.25) is 10.0 Å². The molecule has 8 nitrogen and oxygen atoms in total. The molecule has 0 aliphatic rings. The van der Waals surface area contributed by atoms with Crippen LogP contribution < -0.4 is 20.2 Å². The van der Waals surface area contributed by atoms with Crippen LogP contribution >= 0.6 is 23.2 Å². The number of nitrogens with one attached hydrogen (secondary N) is 2. The van der Waals surface area contributed by atoms with E-state index in [0.717, 1.165) is 5.56 Å². The number of hydrogen-bond acceptors (Lipinski definition) is 6. The highest BCUT2D eigenvalue weighted by atomic mass is 35.5. The Morgan fingerprint density at radius 3 is 2.46 bits per heavy atom. The van der Waals surface area contributed by atoms with Crippen LogP contribution in [-0.2, 0) is 4.79 Å². The molecule has 0 aromatic heterocycles. The number of methoxy groups -OCH3 is 1. The molecule has 0 spiro atoms. The molecule has 35 heavy (non-hydrogen) atoms. The Morgan fingerprint density at radius 2 is 1.74 bits per heavy atom. The standard InChI is InChI=1S/C25H21Cl2N3O5/c1-15-5-3-4-6-18(15)24(32)28-14-23(31)30-29-13-16-7-10-21(22(11-16)34-2)35-25(33)17-8-9-19(26)20(27)12-17/h3-13H,14H2,1-2H3,(H,28,32)(H,30,31). The van der Waals surface area contributed by atoms with Gasteiger partial charge in [-0.15, -0.1) is 0 Å². The second kappa shape index (κ2) is 12.0. The van der Waals surface area contributed by atoms with Gasteiger partial charge < -0.3 is 14.8 Å². The summed E-state index contributed by atoms with van der Waals surface area (Å²) in [6.07, 6.45) is 1.38. The van der Waals surface area contributed by atoms with Gasteiger partial charge in [0.1, 0.15) is 0 Å². The Hall–Kier alpha value is -3.88. The predicted molar refractivity (Wildman–Crippen MR) is 134 cm³/mol. The summed E-state index contributed by atoms with van der Waals surface area (Å²) in [4.78, 5) is 36.6. The van der Waals surface area contributed by atoms with Gasteiger partial charge in [-0.05, 0) is 60.5 Å². The molecule has 0 heterocycles. The van der Waals surface area contributed by atoms with E-state index in [1.165, 1.54) is 37.6 Å². The van der Waals surface area contributed by atoms with Crippen molar-refractivity contribution in [3.05, 3.63) is 93.0 Å². The van der Waals surface area contributed by atoms with E-state index in [2.05, 4.69) is 15.8 Å². The molecule has 0 saturated heterocycles. The Morgan fingerprint density at radius 1 is 0.971 bits per heavy atom. The number of rotatable bonds is 8. The molecule has 3 aromatic rings. The Kier molecular flexibility index (Phi) is 8.83. The molecule has 0 radical (unpaired) electrons. The highest BCUT2D eigenvalue weighted by molar-refractivity contribution is 6.42. The smallest absolute Gasteiger partial charge is 0.343 e. The molecule has 3 aromatic carbocycles. The summed E-state index contributed by atoms with van der Waals surface area (Å²) in [5.41, 5.74) is 4.44. The number of amides is 2. The van der Waals surface area contributed by atoms with Crippen molar-refractivity contribution >= 4 is 47.2 Å². The lowest BCUT2D eigenvalue weighted by Gasteiger charge is -2.10. The van der Waals surface area contributed by atoms with Gasteiger partial charge in [0.25, 0.3) is 11.8 Å². The normalized spacial score (nSPS) is 10.6. The second-order valence-electron chi connectivity index (χ2n) is 7.22. The maximum atomic E-state index is 12.4. The number of aryl methyl sites for hydroxylation is 1. The van der Waals surface area contributed by atoms with Crippen molar-refractivity contribution in [1.29, 1.82) is 0 Å². The van der Waals surface area contributed by atoms with Gasteiger partial charge in [0.05, 0.1) is 35.5 Å². The van der Waals surface area contributed by atoms with Crippen LogP contribution in [0.3, 0.4) is 0 Å². The molecule has 0 unspecified atom stereocenters. The minimum atomic E-state index is -0.636. The fourth-order valence-corrected chi connectivity index (χ4v) is 3.23. The maximum Gasteiger partial charge on any atom is 0.343 e. The third-order valence-electron chi connectivity index (χ3n) is 4.75. The van der Waals surface area contributed by atoms with Crippen molar-refractivity contribution in [2.45, 2.75) is 6.92 Å². The van der Waals surface area contributed by atoms with Gasteiger partial charge >= 0.3 is 5.97 Å². The number of ether oxygens (including phenoxy) is 2. The van der Waals surface area contributed by atoms with Gasteiger partial charge in [-0.2, -0.15) is 5.10 Å². The predicted octanol–water partition coefficient (Wildman–Crippen LogP) is 4.41. The topological polar surface area (TPSA) is 106 Å². The maximum absolute atomic E-state index is 12.4. The minimum Gasteiger partial charge on any atom is -0.493 e. The van der Waals surface area contributed by atoms with E-state index in [9.17, 15) is 14.4 Å². The molecule has 0 fully saturated rings. The third kappa shape index (κ3) is 7.05. The molecule has 2 amide bonds. The van der Waals surface area contributed by atoms with Crippen LogP contribution in [0.25, 0.3) is 0 Å². The largest absolute Gasteiger partial charge is 0.493 e. The lowest BCUT2D eigenvalue weighted by atomic mass is 10.1. The highest BCUT2D eigenvalue weighted by Gasteiger charge is 2.14. The molecule has 2 N–H and O–H groups in total. The Balaban J connectivity index is 1.56. The lowest BCUT2D eigenvalue weighted by Crippen LogP contribution is -2.35. The van der Waals surface area contributed by atoms with Crippen LogP contribution in [-0.4, -0.2) is 37.7 Å². The van der Waals surface area contributed by atoms with Gasteiger partial charge in [0, 0.05) is 5.56 Å². The van der Waals surface area contributed by atoms with Crippen LogP contribution in [0.4, 0.5) is 0 Å². The molecule has 0 atom stereocenters. The quantitative estimate of drug-likeness (QED) is 0.201. The molecular weight excluding hydrogens is 493 g/mol. The summed E-state index contributed by atoms with van der Waals surface area (Å²) in [7, 11) is 1.42. The molecular formula is C25H21Cl2N3O5. The van der Waals surface area contributed by atoms with Crippen molar-refractivity contribution in [3.63, 3.8) is 0 Å². The van der Waals surface area contributed by atoms with Crippen molar-refractivity contribution in [3.8, 4) is 11.5 Å². The minimum absolute atomic E-state index is 0.184. The number of benzene rings is 3. The van der Waals surface area contributed by atoms with Gasteiger partial charge in [0.15, 0.2) is 11.5 Å². The number of nitrogens with zero attached hydrogens (tertiary/aromatic N) is 1. The van der Waals surface area contributed by atoms with E-state index in [4.69, 9.17) is 32.7 Å². The number of esters is 1. The fourth-order valence-electron chi connectivity index (χ4n) is 2.93. The van der Waals surface area contributed by atoms with Crippen LogP contribution in [0.1, 0.15) is 31.8 Å². The van der Waals surface area contributed by atoms with E-state index < -0.39 is 11.9 Å². The Labute approximate surface area is 211 Å². The number of hydrogen-bond donors (Lipinski definition) is 2. The zero-order chi connectivity index (χ0) is 25.4. The summed E-state index contributed by atoms with van der Waals surface area (Å²) in [5.74, 6) is -1.02. The molecule has 0 bridgehead atoms. The summed E-state index contributed by atoms with van der Waals surface area (Å²) < 4.78 is 10.7. The number of hydrazone groups is 1. The molecule has 10 heteroatoms. The first-order valence-corrected chi connectivity index (χ1v) is 11.0. The summed E-state index contributed by atoms with van der Waals surface area (Å²) in [6.45, 7) is 1.57. The lowest BCUT2D eigenvalue weighted by molar-refractivity contribution is -0.120. The zero-order valence-electron chi connectivity index (χ0n) is 18.8. The average Bonchev–Trinajstić information content (AvgIpc) is 2.85. The summed E-state index contributed by atoms with van der Waals surface area (Å²) >= 11 is 11.8. The first kappa shape index (κ1) is 25.7. The van der Waals surface area contributed by atoms with Gasteiger partial charge in [-0.1, -0.05) is 41.4 Å². The molecule has 0 aliphatic heterocycles. The van der Waals surface area contributed by atoms with Crippen LogP contribution in [0.15, 0.2) is 65.8 Å². The summed E-state index contributed by atoms with van der Waals surface area (Å²) in [6, 6.07) is 16.2. The second-order valence-corrected chi connectivity index (χ2v) is 8.03. The van der Waals surface area contributed by atoms with Crippen molar-refractivity contribution < 1.29 is 23.9 Å². The van der Waals surface area contributed by atoms with E-state index in [-0.39, 0.29) is 34.5 Å². The van der Waals surface area contributed by atoms with Gasteiger partial charge in [0.2, 0.25) is 0 Å².